The number of rotatable bonds is 4. The maximum Gasteiger partial charge on any atom is 0.115 e. The second kappa shape index (κ2) is 6.18. The highest BCUT2D eigenvalue weighted by atomic mass is 32.2. The summed E-state index contributed by atoms with van der Waals surface area (Å²) in [6.07, 6.45) is 4.86. The topological polar surface area (TPSA) is 49.6 Å². The van der Waals surface area contributed by atoms with Crippen LogP contribution in [0.4, 0.5) is 0 Å². The first-order valence-corrected chi connectivity index (χ1v) is 6.72. The Kier molecular flexibility index (Phi) is 4.32. The summed E-state index contributed by atoms with van der Waals surface area (Å²) in [6, 6.07) is 10.3. The van der Waals surface area contributed by atoms with Gasteiger partial charge in [0.05, 0.1) is 18.0 Å². The smallest absolute Gasteiger partial charge is 0.115 e. The highest BCUT2D eigenvalue weighted by molar-refractivity contribution is 7.99. The standard InChI is InChI=1S/C14H13N3S/c1-2-18-12-5-3-11(4-6-12)13(9-15)14-10-16-7-8-17-14/h3-8,10,13H,2H2,1H3. The number of nitrogens with zero attached hydrogens (tertiary/aromatic N) is 3. The molecule has 0 saturated heterocycles. The summed E-state index contributed by atoms with van der Waals surface area (Å²) in [4.78, 5) is 9.42. The molecule has 18 heavy (non-hydrogen) atoms. The Balaban J connectivity index is 2.26. The average molecular weight is 255 g/mol. The van der Waals surface area contributed by atoms with E-state index >= 15 is 0 Å². The molecule has 0 radical (unpaired) electrons. The van der Waals surface area contributed by atoms with Crippen molar-refractivity contribution in [3.63, 3.8) is 0 Å². The van der Waals surface area contributed by atoms with Crippen LogP contribution in [-0.2, 0) is 0 Å². The van der Waals surface area contributed by atoms with Crippen molar-refractivity contribution in [3.8, 4) is 6.07 Å². The first kappa shape index (κ1) is 12.6. The molecule has 90 valence electrons. The number of hydrogen-bond acceptors (Lipinski definition) is 4. The van der Waals surface area contributed by atoms with Crippen LogP contribution < -0.4 is 0 Å². The van der Waals surface area contributed by atoms with Gasteiger partial charge in [0.15, 0.2) is 0 Å². The molecule has 0 amide bonds. The predicted molar refractivity (Wildman–Crippen MR) is 72.3 cm³/mol. The maximum atomic E-state index is 9.28. The van der Waals surface area contributed by atoms with Crippen LogP contribution in [0.3, 0.4) is 0 Å². The minimum Gasteiger partial charge on any atom is -0.261 e. The molecular formula is C14H13N3S. The van der Waals surface area contributed by atoms with Gasteiger partial charge >= 0.3 is 0 Å². The van der Waals surface area contributed by atoms with Crippen LogP contribution in [0, 0.1) is 11.3 Å². The van der Waals surface area contributed by atoms with Gasteiger partial charge in [-0.25, -0.2) is 0 Å². The Labute approximate surface area is 111 Å². The van der Waals surface area contributed by atoms with E-state index in [2.05, 4.69) is 23.0 Å². The molecular weight excluding hydrogens is 242 g/mol. The van der Waals surface area contributed by atoms with Gasteiger partial charge in [-0.15, -0.1) is 11.8 Å². The molecule has 4 heteroatoms. The zero-order valence-electron chi connectivity index (χ0n) is 10.1. The Morgan fingerprint density at radius 3 is 2.61 bits per heavy atom. The summed E-state index contributed by atoms with van der Waals surface area (Å²) in [5.74, 6) is 0.699. The van der Waals surface area contributed by atoms with Crippen molar-refractivity contribution < 1.29 is 0 Å². The lowest BCUT2D eigenvalue weighted by Gasteiger charge is -2.08. The lowest BCUT2D eigenvalue weighted by Crippen LogP contribution is -2.01. The van der Waals surface area contributed by atoms with Crippen LogP contribution in [0.5, 0.6) is 0 Å². The molecule has 0 spiro atoms. The zero-order chi connectivity index (χ0) is 12.8. The number of benzene rings is 1. The molecule has 0 aliphatic carbocycles. The molecule has 0 fully saturated rings. The van der Waals surface area contributed by atoms with E-state index in [1.54, 1.807) is 30.4 Å². The molecule has 2 aromatic rings. The second-order valence-electron chi connectivity index (χ2n) is 3.69. The molecule has 0 aliphatic heterocycles. The maximum absolute atomic E-state index is 9.28. The van der Waals surface area contributed by atoms with Gasteiger partial charge in [0.1, 0.15) is 5.92 Å². The zero-order valence-corrected chi connectivity index (χ0v) is 10.9. The summed E-state index contributed by atoms with van der Waals surface area (Å²) in [7, 11) is 0. The Morgan fingerprint density at radius 1 is 1.28 bits per heavy atom. The van der Waals surface area contributed by atoms with Crippen molar-refractivity contribution in [1.82, 2.24) is 9.97 Å². The summed E-state index contributed by atoms with van der Waals surface area (Å²) >= 11 is 1.79. The molecule has 1 aromatic heterocycles. The van der Waals surface area contributed by atoms with E-state index in [0.717, 1.165) is 11.3 Å². The van der Waals surface area contributed by atoms with Gasteiger partial charge in [-0.2, -0.15) is 5.26 Å². The number of aromatic nitrogens is 2. The second-order valence-corrected chi connectivity index (χ2v) is 5.03. The fraction of sp³-hybridized carbons (Fsp3) is 0.214. The van der Waals surface area contributed by atoms with Crippen molar-refractivity contribution >= 4 is 11.8 Å². The summed E-state index contributed by atoms with van der Waals surface area (Å²) in [6.45, 7) is 2.12. The van der Waals surface area contributed by atoms with Crippen LogP contribution in [0.15, 0.2) is 47.8 Å². The molecule has 1 atom stereocenters. The molecule has 3 nitrogen and oxygen atoms in total. The molecule has 0 aliphatic rings. The van der Waals surface area contributed by atoms with Crippen molar-refractivity contribution in [2.45, 2.75) is 17.7 Å². The van der Waals surface area contributed by atoms with E-state index in [9.17, 15) is 5.26 Å². The van der Waals surface area contributed by atoms with Crippen LogP contribution >= 0.6 is 11.8 Å². The third-order valence-corrected chi connectivity index (χ3v) is 3.43. The normalized spacial score (nSPS) is 11.8. The minimum atomic E-state index is -0.348. The average Bonchev–Trinajstić information content (AvgIpc) is 2.43. The van der Waals surface area contributed by atoms with Crippen molar-refractivity contribution in [2.24, 2.45) is 0 Å². The highest BCUT2D eigenvalue weighted by Gasteiger charge is 2.14. The van der Waals surface area contributed by atoms with Crippen LogP contribution in [0.25, 0.3) is 0 Å². The van der Waals surface area contributed by atoms with Gasteiger partial charge in [0.2, 0.25) is 0 Å². The van der Waals surface area contributed by atoms with E-state index in [4.69, 9.17) is 0 Å². The highest BCUT2D eigenvalue weighted by Crippen LogP contribution is 2.24. The van der Waals surface area contributed by atoms with Gasteiger partial charge in [0.25, 0.3) is 0 Å². The van der Waals surface area contributed by atoms with E-state index in [1.807, 2.05) is 24.3 Å². The molecule has 0 bridgehead atoms. The van der Waals surface area contributed by atoms with Gasteiger partial charge in [-0.05, 0) is 23.4 Å². The Morgan fingerprint density at radius 2 is 2.06 bits per heavy atom. The Hall–Kier alpha value is -1.86. The summed E-state index contributed by atoms with van der Waals surface area (Å²) in [5, 5.41) is 9.28. The number of nitriles is 1. The van der Waals surface area contributed by atoms with Crippen LogP contribution in [-0.4, -0.2) is 15.7 Å². The van der Waals surface area contributed by atoms with Gasteiger partial charge < -0.3 is 0 Å². The molecule has 0 N–H and O–H groups in total. The summed E-state index contributed by atoms with van der Waals surface area (Å²) < 4.78 is 0. The van der Waals surface area contributed by atoms with Crippen molar-refractivity contribution in [3.05, 3.63) is 54.1 Å². The van der Waals surface area contributed by atoms with Crippen LogP contribution in [0.2, 0.25) is 0 Å². The number of thioether (sulfide) groups is 1. The molecule has 0 saturated carbocycles. The largest absolute Gasteiger partial charge is 0.261 e. The fourth-order valence-electron chi connectivity index (χ4n) is 1.69. The number of hydrogen-bond donors (Lipinski definition) is 0. The SMILES string of the molecule is CCSc1ccc(C(C#N)c2cnccn2)cc1. The third-order valence-electron chi connectivity index (χ3n) is 2.53. The van der Waals surface area contributed by atoms with Gasteiger partial charge in [0, 0.05) is 17.3 Å². The van der Waals surface area contributed by atoms with E-state index in [1.165, 1.54) is 4.90 Å². The van der Waals surface area contributed by atoms with E-state index in [-0.39, 0.29) is 5.92 Å². The lowest BCUT2D eigenvalue weighted by molar-refractivity contribution is 0.940. The molecule has 2 rings (SSSR count). The minimum absolute atomic E-state index is 0.348. The first-order chi connectivity index (χ1) is 8.85. The van der Waals surface area contributed by atoms with Crippen molar-refractivity contribution in [2.75, 3.05) is 5.75 Å². The van der Waals surface area contributed by atoms with E-state index < -0.39 is 0 Å². The Bertz CT molecular complexity index is 531. The van der Waals surface area contributed by atoms with Gasteiger partial charge in [-0.3, -0.25) is 9.97 Å². The fourth-order valence-corrected chi connectivity index (χ4v) is 2.36. The predicted octanol–water partition coefficient (Wildman–Crippen LogP) is 3.24. The molecule has 1 aromatic carbocycles. The molecule has 1 heterocycles. The lowest BCUT2D eigenvalue weighted by atomic mass is 9.98. The first-order valence-electron chi connectivity index (χ1n) is 5.73. The summed E-state index contributed by atoms with van der Waals surface area (Å²) in [5.41, 5.74) is 1.65. The van der Waals surface area contributed by atoms with Crippen LogP contribution in [0.1, 0.15) is 24.1 Å². The monoisotopic (exact) mass is 255 g/mol. The third kappa shape index (κ3) is 2.88. The molecule has 1 unspecified atom stereocenters. The van der Waals surface area contributed by atoms with E-state index in [0.29, 0.717) is 5.69 Å². The van der Waals surface area contributed by atoms with Crippen molar-refractivity contribution in [1.29, 1.82) is 5.26 Å². The quantitative estimate of drug-likeness (QED) is 0.787. The van der Waals surface area contributed by atoms with Gasteiger partial charge in [-0.1, -0.05) is 19.1 Å².